The molecule has 0 radical (unpaired) electrons. The van der Waals surface area contributed by atoms with Crippen molar-refractivity contribution in [2.45, 2.75) is 4.90 Å². The summed E-state index contributed by atoms with van der Waals surface area (Å²) in [6.45, 7) is 0. The van der Waals surface area contributed by atoms with Gasteiger partial charge >= 0.3 is 5.97 Å². The van der Waals surface area contributed by atoms with Gasteiger partial charge in [0.1, 0.15) is 17.3 Å². The second kappa shape index (κ2) is 8.30. The lowest BCUT2D eigenvalue weighted by Crippen LogP contribution is -2.20. The third kappa shape index (κ3) is 3.79. The Morgan fingerprint density at radius 3 is 2.00 bits per heavy atom. The van der Waals surface area contributed by atoms with Crippen molar-refractivity contribution in [1.82, 2.24) is 0 Å². The van der Waals surface area contributed by atoms with Crippen molar-refractivity contribution in [3.8, 4) is 17.2 Å². The van der Waals surface area contributed by atoms with Gasteiger partial charge in [0.15, 0.2) is 16.4 Å². The molecule has 8 nitrogen and oxygen atoms in total. The zero-order chi connectivity index (χ0) is 21.1. The number of hydrogen-bond acceptors (Lipinski definition) is 7. The number of sulfonamides is 1. The van der Waals surface area contributed by atoms with E-state index >= 15 is 0 Å². The van der Waals surface area contributed by atoms with E-state index in [1.807, 2.05) is 4.72 Å². The van der Waals surface area contributed by atoms with Crippen LogP contribution in [0.4, 0.5) is 14.5 Å². The first-order valence-corrected chi connectivity index (χ1v) is 9.08. The number of esters is 1. The summed E-state index contributed by atoms with van der Waals surface area (Å²) in [6.07, 6.45) is 0. The minimum atomic E-state index is -4.80. The van der Waals surface area contributed by atoms with E-state index in [2.05, 4.69) is 4.74 Å². The maximum absolute atomic E-state index is 14.0. The van der Waals surface area contributed by atoms with Crippen LogP contribution in [0.15, 0.2) is 29.2 Å². The van der Waals surface area contributed by atoms with Gasteiger partial charge < -0.3 is 18.9 Å². The number of carbonyl (C=O) groups excluding carboxylic acids is 1. The van der Waals surface area contributed by atoms with E-state index in [1.165, 1.54) is 21.3 Å². The molecule has 0 spiro atoms. The van der Waals surface area contributed by atoms with Crippen LogP contribution in [-0.2, 0) is 14.8 Å². The van der Waals surface area contributed by atoms with E-state index in [0.29, 0.717) is 0 Å². The Morgan fingerprint density at radius 2 is 1.54 bits per heavy atom. The first-order valence-electron chi connectivity index (χ1n) is 7.59. The maximum atomic E-state index is 14.0. The number of benzene rings is 2. The van der Waals surface area contributed by atoms with E-state index < -0.39 is 38.2 Å². The topological polar surface area (TPSA) is 100 Å². The standard InChI is InChI=1S/C17H17F2NO7S/c1-24-12-8-9(17(21)27-4)13(15(26-3)14(12)25-2)20-28(22,23)16-10(18)6-5-7-11(16)19/h5-8,20H,1-4H3. The highest BCUT2D eigenvalue weighted by molar-refractivity contribution is 7.92. The van der Waals surface area contributed by atoms with Gasteiger partial charge in [0.25, 0.3) is 10.0 Å². The van der Waals surface area contributed by atoms with Gasteiger partial charge in [-0.1, -0.05) is 6.07 Å². The highest BCUT2D eigenvalue weighted by Gasteiger charge is 2.31. The molecular weight excluding hydrogens is 400 g/mol. The fourth-order valence-electron chi connectivity index (χ4n) is 2.45. The Labute approximate surface area is 160 Å². The number of ether oxygens (including phenoxy) is 4. The van der Waals surface area contributed by atoms with Gasteiger partial charge in [-0.05, 0) is 12.1 Å². The lowest BCUT2D eigenvalue weighted by Gasteiger charge is -2.20. The van der Waals surface area contributed by atoms with Crippen molar-refractivity contribution in [1.29, 1.82) is 0 Å². The molecule has 0 aliphatic heterocycles. The molecule has 0 aromatic heterocycles. The van der Waals surface area contributed by atoms with E-state index in [1.54, 1.807) is 0 Å². The molecule has 1 N–H and O–H groups in total. The average Bonchev–Trinajstić information content (AvgIpc) is 2.65. The van der Waals surface area contributed by atoms with Crippen LogP contribution in [0.3, 0.4) is 0 Å². The molecule has 2 aromatic rings. The molecule has 0 bridgehead atoms. The third-order valence-corrected chi connectivity index (χ3v) is 5.06. The number of halogens is 2. The SMILES string of the molecule is COC(=O)c1cc(OC)c(OC)c(OC)c1NS(=O)(=O)c1c(F)cccc1F. The lowest BCUT2D eigenvalue weighted by atomic mass is 10.1. The van der Waals surface area contributed by atoms with Gasteiger partial charge in [-0.15, -0.1) is 0 Å². The fraction of sp³-hybridized carbons (Fsp3) is 0.235. The van der Waals surface area contributed by atoms with Gasteiger partial charge in [-0.25, -0.2) is 22.0 Å². The minimum absolute atomic E-state index is 0.0415. The number of nitrogens with one attached hydrogen (secondary N) is 1. The average molecular weight is 417 g/mol. The Hall–Kier alpha value is -3.08. The van der Waals surface area contributed by atoms with Crippen molar-refractivity contribution in [2.75, 3.05) is 33.2 Å². The van der Waals surface area contributed by atoms with Crippen LogP contribution in [0.5, 0.6) is 17.2 Å². The molecule has 0 saturated heterocycles. The molecule has 28 heavy (non-hydrogen) atoms. The summed E-state index contributed by atoms with van der Waals surface area (Å²) in [5, 5.41) is 0. The summed E-state index contributed by atoms with van der Waals surface area (Å²) in [4.78, 5) is 10.9. The van der Waals surface area contributed by atoms with Gasteiger partial charge in [0, 0.05) is 6.07 Å². The summed E-state index contributed by atoms with van der Waals surface area (Å²) in [6, 6.07) is 3.72. The lowest BCUT2D eigenvalue weighted by molar-refractivity contribution is 0.0601. The minimum Gasteiger partial charge on any atom is -0.493 e. The second-order valence-electron chi connectivity index (χ2n) is 5.22. The summed E-state index contributed by atoms with van der Waals surface area (Å²) in [5.41, 5.74) is -0.757. The van der Waals surface area contributed by atoms with Crippen LogP contribution in [-0.4, -0.2) is 42.8 Å². The van der Waals surface area contributed by atoms with Crippen molar-refractivity contribution in [3.05, 3.63) is 41.5 Å². The van der Waals surface area contributed by atoms with E-state index in [0.717, 1.165) is 31.4 Å². The quantitative estimate of drug-likeness (QED) is 0.691. The van der Waals surface area contributed by atoms with E-state index in [-0.39, 0.29) is 22.8 Å². The Bertz CT molecular complexity index is 989. The number of anilines is 1. The zero-order valence-electron chi connectivity index (χ0n) is 15.3. The molecule has 0 amide bonds. The number of methoxy groups -OCH3 is 4. The molecule has 0 aliphatic carbocycles. The smallest absolute Gasteiger partial charge is 0.340 e. The fourth-order valence-corrected chi connectivity index (χ4v) is 3.68. The maximum Gasteiger partial charge on any atom is 0.340 e. The molecule has 0 aliphatic rings. The highest BCUT2D eigenvalue weighted by Crippen LogP contribution is 2.46. The first-order chi connectivity index (χ1) is 13.2. The van der Waals surface area contributed by atoms with Crippen LogP contribution in [0, 0.1) is 11.6 Å². The number of rotatable bonds is 7. The molecule has 0 fully saturated rings. The van der Waals surface area contributed by atoms with Crippen LogP contribution in [0.2, 0.25) is 0 Å². The normalized spacial score (nSPS) is 10.9. The van der Waals surface area contributed by atoms with Gasteiger partial charge in [-0.3, -0.25) is 4.72 Å². The summed E-state index contributed by atoms with van der Waals surface area (Å²) < 4.78 is 75.3. The Balaban J connectivity index is 2.78. The van der Waals surface area contributed by atoms with Crippen molar-refractivity contribution < 1.29 is 40.9 Å². The molecule has 0 unspecified atom stereocenters. The van der Waals surface area contributed by atoms with Crippen molar-refractivity contribution in [3.63, 3.8) is 0 Å². The van der Waals surface area contributed by atoms with E-state index in [9.17, 15) is 22.0 Å². The summed E-state index contributed by atoms with van der Waals surface area (Å²) in [7, 11) is -0.00449. The van der Waals surface area contributed by atoms with Crippen LogP contribution >= 0.6 is 0 Å². The molecule has 2 rings (SSSR count). The van der Waals surface area contributed by atoms with Gasteiger partial charge in [0.2, 0.25) is 5.75 Å². The highest BCUT2D eigenvalue weighted by atomic mass is 32.2. The largest absolute Gasteiger partial charge is 0.493 e. The van der Waals surface area contributed by atoms with Crippen LogP contribution in [0.25, 0.3) is 0 Å². The molecule has 0 saturated carbocycles. The number of hydrogen-bond donors (Lipinski definition) is 1. The van der Waals surface area contributed by atoms with Crippen molar-refractivity contribution in [2.24, 2.45) is 0 Å². The Morgan fingerprint density at radius 1 is 0.964 bits per heavy atom. The summed E-state index contributed by atoms with van der Waals surface area (Å²) >= 11 is 0. The molecule has 11 heteroatoms. The summed E-state index contributed by atoms with van der Waals surface area (Å²) in [5.74, 6) is -3.84. The number of carbonyl (C=O) groups is 1. The Kier molecular flexibility index (Phi) is 6.29. The van der Waals surface area contributed by atoms with Gasteiger partial charge in [0.05, 0.1) is 34.0 Å². The molecule has 0 heterocycles. The van der Waals surface area contributed by atoms with Gasteiger partial charge in [-0.2, -0.15) is 0 Å². The predicted molar refractivity (Wildman–Crippen MR) is 94.6 cm³/mol. The van der Waals surface area contributed by atoms with Crippen molar-refractivity contribution >= 4 is 21.7 Å². The van der Waals surface area contributed by atoms with E-state index in [4.69, 9.17) is 14.2 Å². The zero-order valence-corrected chi connectivity index (χ0v) is 16.1. The van der Waals surface area contributed by atoms with Crippen LogP contribution in [0.1, 0.15) is 10.4 Å². The molecule has 0 atom stereocenters. The predicted octanol–water partition coefficient (Wildman–Crippen LogP) is 2.58. The molecular formula is C17H17F2NO7S. The molecule has 2 aromatic carbocycles. The third-order valence-electron chi connectivity index (χ3n) is 3.66. The first kappa shape index (κ1) is 21.2. The second-order valence-corrected chi connectivity index (χ2v) is 6.83. The molecule has 152 valence electrons. The monoisotopic (exact) mass is 417 g/mol. The van der Waals surface area contributed by atoms with Crippen LogP contribution < -0.4 is 18.9 Å².